The fraction of sp³-hybridized carbons (Fsp3) is 0.294. The molecule has 102 valence electrons. The van der Waals surface area contributed by atoms with Crippen LogP contribution in [-0.4, -0.2) is 11.0 Å². The molecule has 20 heavy (non-hydrogen) atoms. The molecule has 0 N–H and O–H groups in total. The Morgan fingerprint density at radius 2 is 2.00 bits per heavy atom. The molecule has 0 bridgehead atoms. The van der Waals surface area contributed by atoms with Gasteiger partial charge in [0, 0.05) is 18.0 Å². The molecule has 3 heteroatoms. The highest BCUT2D eigenvalue weighted by molar-refractivity contribution is 5.89. The molecule has 0 fully saturated rings. The Hall–Kier alpha value is -2.16. The average molecular weight is 267 g/mol. The van der Waals surface area contributed by atoms with Gasteiger partial charge in [0.15, 0.2) is 0 Å². The highest BCUT2D eigenvalue weighted by atomic mass is 16.5. The predicted molar refractivity (Wildman–Crippen MR) is 76.4 cm³/mol. The fourth-order valence-corrected chi connectivity index (χ4v) is 2.58. The molecule has 3 rings (SSSR count). The van der Waals surface area contributed by atoms with E-state index in [2.05, 4.69) is 11.1 Å². The standard InChI is InChI=1S/C17H17NO2/c19-17(20-12-13-4-3-9-18-11-13)16-8-7-14-5-1-2-6-15(14)10-16/h3-4,7-11H,1-2,5-6,12H2. The van der Waals surface area contributed by atoms with E-state index in [1.165, 1.54) is 24.0 Å². The molecule has 1 aliphatic rings. The second kappa shape index (κ2) is 5.87. The normalized spacial score (nSPS) is 13.6. The van der Waals surface area contributed by atoms with Crippen molar-refractivity contribution in [2.24, 2.45) is 0 Å². The maximum Gasteiger partial charge on any atom is 0.338 e. The van der Waals surface area contributed by atoms with Crippen molar-refractivity contribution in [2.45, 2.75) is 32.3 Å². The minimum Gasteiger partial charge on any atom is -0.457 e. The van der Waals surface area contributed by atoms with Gasteiger partial charge in [-0.15, -0.1) is 0 Å². The fourth-order valence-electron chi connectivity index (χ4n) is 2.58. The van der Waals surface area contributed by atoms with Crippen molar-refractivity contribution in [1.82, 2.24) is 4.98 Å². The van der Waals surface area contributed by atoms with E-state index in [-0.39, 0.29) is 12.6 Å². The molecular weight excluding hydrogens is 250 g/mol. The zero-order valence-electron chi connectivity index (χ0n) is 11.3. The second-order valence-electron chi connectivity index (χ2n) is 5.13. The molecule has 1 aromatic carbocycles. The van der Waals surface area contributed by atoms with Gasteiger partial charge in [0.05, 0.1) is 5.56 Å². The lowest BCUT2D eigenvalue weighted by Gasteiger charge is -2.16. The first-order valence-electron chi connectivity index (χ1n) is 7.01. The van der Waals surface area contributed by atoms with Crippen LogP contribution in [0.25, 0.3) is 0 Å². The van der Waals surface area contributed by atoms with E-state index in [9.17, 15) is 4.79 Å². The third-order valence-corrected chi connectivity index (χ3v) is 3.68. The number of benzene rings is 1. The second-order valence-corrected chi connectivity index (χ2v) is 5.13. The van der Waals surface area contributed by atoms with Gasteiger partial charge in [0.2, 0.25) is 0 Å². The number of aryl methyl sites for hydroxylation is 2. The van der Waals surface area contributed by atoms with Crippen molar-refractivity contribution >= 4 is 5.97 Å². The van der Waals surface area contributed by atoms with E-state index in [1.54, 1.807) is 12.4 Å². The van der Waals surface area contributed by atoms with E-state index in [0.717, 1.165) is 18.4 Å². The molecule has 1 heterocycles. The zero-order valence-corrected chi connectivity index (χ0v) is 11.3. The predicted octanol–water partition coefficient (Wildman–Crippen LogP) is 3.32. The van der Waals surface area contributed by atoms with Crippen LogP contribution in [-0.2, 0) is 24.2 Å². The highest BCUT2D eigenvalue weighted by Crippen LogP contribution is 2.22. The van der Waals surface area contributed by atoms with Gasteiger partial charge in [-0.3, -0.25) is 4.98 Å². The average Bonchev–Trinajstić information content (AvgIpc) is 2.53. The minimum absolute atomic E-state index is 0.262. The van der Waals surface area contributed by atoms with Crippen molar-refractivity contribution in [3.63, 3.8) is 0 Å². The number of pyridine rings is 1. The van der Waals surface area contributed by atoms with Crippen LogP contribution >= 0.6 is 0 Å². The third kappa shape index (κ3) is 2.87. The molecule has 0 saturated carbocycles. The molecule has 0 amide bonds. The Labute approximate surface area is 118 Å². The van der Waals surface area contributed by atoms with Crippen LogP contribution in [0.15, 0.2) is 42.7 Å². The van der Waals surface area contributed by atoms with Gasteiger partial charge in [-0.25, -0.2) is 4.79 Å². The molecule has 3 nitrogen and oxygen atoms in total. The SMILES string of the molecule is O=C(OCc1cccnc1)c1ccc2c(c1)CCCC2. The highest BCUT2D eigenvalue weighted by Gasteiger charge is 2.13. The summed E-state index contributed by atoms with van der Waals surface area (Å²) in [6, 6.07) is 9.65. The van der Waals surface area contributed by atoms with Crippen molar-refractivity contribution in [3.8, 4) is 0 Å². The van der Waals surface area contributed by atoms with Crippen LogP contribution in [0.2, 0.25) is 0 Å². The van der Waals surface area contributed by atoms with Crippen LogP contribution in [0, 0.1) is 0 Å². The lowest BCUT2D eigenvalue weighted by atomic mass is 9.90. The third-order valence-electron chi connectivity index (χ3n) is 3.68. The number of fused-ring (bicyclic) bond motifs is 1. The Kier molecular flexibility index (Phi) is 3.77. The van der Waals surface area contributed by atoms with Crippen molar-refractivity contribution in [3.05, 3.63) is 65.0 Å². The van der Waals surface area contributed by atoms with Gasteiger partial charge in [-0.2, -0.15) is 0 Å². The Bertz CT molecular complexity index is 608. The number of hydrogen-bond donors (Lipinski definition) is 0. The van der Waals surface area contributed by atoms with E-state index >= 15 is 0 Å². The topological polar surface area (TPSA) is 39.2 Å². The summed E-state index contributed by atoms with van der Waals surface area (Å²) in [4.78, 5) is 16.1. The smallest absolute Gasteiger partial charge is 0.338 e. The van der Waals surface area contributed by atoms with Gasteiger partial charge in [0.25, 0.3) is 0 Å². The van der Waals surface area contributed by atoms with Crippen LogP contribution in [0.1, 0.15) is 39.9 Å². The van der Waals surface area contributed by atoms with Gasteiger partial charge in [-0.1, -0.05) is 12.1 Å². The summed E-state index contributed by atoms with van der Waals surface area (Å²) in [5.74, 6) is -0.262. The molecular formula is C17H17NO2. The molecule has 0 aliphatic heterocycles. The maximum atomic E-state index is 12.1. The molecule has 0 atom stereocenters. The summed E-state index contributed by atoms with van der Waals surface area (Å²) in [7, 11) is 0. The van der Waals surface area contributed by atoms with Crippen LogP contribution in [0.4, 0.5) is 0 Å². The van der Waals surface area contributed by atoms with E-state index < -0.39 is 0 Å². The molecule has 0 spiro atoms. The number of carbonyl (C=O) groups excluding carboxylic acids is 1. The quantitative estimate of drug-likeness (QED) is 0.801. The van der Waals surface area contributed by atoms with Gasteiger partial charge < -0.3 is 4.74 Å². The van der Waals surface area contributed by atoms with Gasteiger partial charge in [0.1, 0.15) is 6.61 Å². The maximum absolute atomic E-state index is 12.1. The monoisotopic (exact) mass is 267 g/mol. The summed E-state index contributed by atoms with van der Waals surface area (Å²) < 4.78 is 5.33. The van der Waals surface area contributed by atoms with Crippen LogP contribution < -0.4 is 0 Å². The van der Waals surface area contributed by atoms with Crippen molar-refractivity contribution in [2.75, 3.05) is 0 Å². The van der Waals surface area contributed by atoms with Gasteiger partial charge >= 0.3 is 5.97 Å². The number of hydrogen-bond acceptors (Lipinski definition) is 3. The first-order valence-corrected chi connectivity index (χ1v) is 7.01. The number of aromatic nitrogens is 1. The van der Waals surface area contributed by atoms with E-state index in [0.29, 0.717) is 5.56 Å². The summed E-state index contributed by atoms with van der Waals surface area (Å²) in [6.45, 7) is 0.268. The lowest BCUT2D eigenvalue weighted by molar-refractivity contribution is 0.0472. The number of rotatable bonds is 3. The van der Waals surface area contributed by atoms with Crippen molar-refractivity contribution in [1.29, 1.82) is 0 Å². The first-order chi connectivity index (χ1) is 9.83. The molecule has 1 aliphatic carbocycles. The van der Waals surface area contributed by atoms with Crippen LogP contribution in [0.5, 0.6) is 0 Å². The Balaban J connectivity index is 1.68. The van der Waals surface area contributed by atoms with Crippen molar-refractivity contribution < 1.29 is 9.53 Å². The Morgan fingerprint density at radius 3 is 2.80 bits per heavy atom. The largest absolute Gasteiger partial charge is 0.457 e. The summed E-state index contributed by atoms with van der Waals surface area (Å²) in [6.07, 6.45) is 8.06. The van der Waals surface area contributed by atoms with E-state index in [1.807, 2.05) is 24.3 Å². The number of nitrogens with zero attached hydrogens (tertiary/aromatic N) is 1. The van der Waals surface area contributed by atoms with Crippen LogP contribution in [0.3, 0.4) is 0 Å². The molecule has 0 saturated heterocycles. The Morgan fingerprint density at radius 1 is 1.15 bits per heavy atom. The summed E-state index contributed by atoms with van der Waals surface area (Å²) >= 11 is 0. The van der Waals surface area contributed by atoms with E-state index in [4.69, 9.17) is 4.74 Å². The molecule has 2 aromatic rings. The zero-order chi connectivity index (χ0) is 13.8. The first kappa shape index (κ1) is 12.9. The molecule has 1 aromatic heterocycles. The molecule has 0 radical (unpaired) electrons. The minimum atomic E-state index is -0.262. The number of esters is 1. The van der Waals surface area contributed by atoms with Gasteiger partial charge in [-0.05, 0) is 55.0 Å². The molecule has 0 unspecified atom stereocenters. The number of ether oxygens (including phenoxy) is 1. The lowest BCUT2D eigenvalue weighted by Crippen LogP contribution is -2.09. The summed E-state index contributed by atoms with van der Waals surface area (Å²) in [5, 5.41) is 0. The number of carbonyl (C=O) groups is 1. The summed E-state index contributed by atoms with van der Waals surface area (Å²) in [5.41, 5.74) is 4.22.